The maximum Gasteiger partial charge on any atom is 0.242 e. The Balaban J connectivity index is 1.71. The van der Waals surface area contributed by atoms with Crippen molar-refractivity contribution >= 4 is 55.2 Å². The summed E-state index contributed by atoms with van der Waals surface area (Å²) in [5.74, 6) is 0.850. The average Bonchev–Trinajstić information content (AvgIpc) is 2.69. The number of sulfonamides is 1. The van der Waals surface area contributed by atoms with E-state index in [0.717, 1.165) is 31.2 Å². The third-order valence-corrected chi connectivity index (χ3v) is 8.61. The van der Waals surface area contributed by atoms with Crippen molar-refractivity contribution in [2.45, 2.75) is 24.5 Å². The van der Waals surface area contributed by atoms with E-state index in [1.807, 2.05) is 32.0 Å². The summed E-state index contributed by atoms with van der Waals surface area (Å²) in [6, 6.07) is 11.1. The molecular weight excluding hydrogens is 426 g/mol. The van der Waals surface area contributed by atoms with E-state index in [0.29, 0.717) is 5.69 Å². The highest BCUT2D eigenvalue weighted by Gasteiger charge is 2.20. The normalized spacial score (nSPS) is 13.8. The quantitative estimate of drug-likeness (QED) is 0.742. The van der Waals surface area contributed by atoms with Gasteiger partial charge in [0.2, 0.25) is 15.9 Å². The second-order valence-corrected chi connectivity index (χ2v) is 11.2. The Kier molecular flexibility index (Phi) is 6.72. The van der Waals surface area contributed by atoms with Crippen molar-refractivity contribution in [3.8, 4) is 0 Å². The highest BCUT2D eigenvalue weighted by Crippen LogP contribution is 2.34. The Bertz CT molecular complexity index is 1080. The minimum absolute atomic E-state index is 0.164. The molecule has 0 aliphatic carbocycles. The molecule has 0 bridgehead atoms. The number of thioether (sulfide) groups is 2. The van der Waals surface area contributed by atoms with Gasteiger partial charge in [-0.1, -0.05) is 41.7 Å². The van der Waals surface area contributed by atoms with Crippen molar-refractivity contribution in [2.75, 3.05) is 25.2 Å². The van der Waals surface area contributed by atoms with Gasteiger partial charge in [0.05, 0.1) is 16.3 Å². The van der Waals surface area contributed by atoms with Crippen LogP contribution in [0.15, 0.2) is 46.3 Å². The standard InChI is InChI=1S/C20H23N3O3S3/c1-13-9-16(29(25,26)23(3)4)10-18(14(13)2)21-19(24)12-28-20-22-17-8-6-5-7-15(17)11-27-20/h5-10H,11-12H2,1-4H3,(H,21,24). The lowest BCUT2D eigenvalue weighted by Crippen LogP contribution is -2.23. The number of rotatable bonds is 5. The van der Waals surface area contributed by atoms with E-state index >= 15 is 0 Å². The Morgan fingerprint density at radius 3 is 2.69 bits per heavy atom. The molecule has 0 fully saturated rings. The van der Waals surface area contributed by atoms with Crippen LogP contribution in [0.3, 0.4) is 0 Å². The van der Waals surface area contributed by atoms with Crippen LogP contribution < -0.4 is 5.32 Å². The number of anilines is 1. The van der Waals surface area contributed by atoms with Gasteiger partial charge in [-0.25, -0.2) is 17.7 Å². The predicted molar refractivity (Wildman–Crippen MR) is 123 cm³/mol. The summed E-state index contributed by atoms with van der Waals surface area (Å²) in [7, 11) is -0.605. The Labute approximate surface area is 180 Å². The van der Waals surface area contributed by atoms with Crippen molar-refractivity contribution in [3.05, 3.63) is 53.1 Å². The van der Waals surface area contributed by atoms with Crippen LogP contribution in [-0.2, 0) is 20.6 Å². The number of fused-ring (bicyclic) bond motifs is 1. The first-order valence-corrected chi connectivity index (χ1v) is 12.4. The first kappa shape index (κ1) is 21.9. The average molecular weight is 450 g/mol. The molecule has 1 N–H and O–H groups in total. The third-order valence-electron chi connectivity index (χ3n) is 4.57. The molecule has 29 heavy (non-hydrogen) atoms. The van der Waals surface area contributed by atoms with Crippen molar-refractivity contribution < 1.29 is 13.2 Å². The SMILES string of the molecule is Cc1cc(S(=O)(=O)N(C)C)cc(NC(=O)CSC2=Nc3ccccc3CS2)c1C. The van der Waals surface area contributed by atoms with Gasteiger partial charge in [-0.05, 0) is 48.7 Å². The fourth-order valence-corrected chi connectivity index (χ4v) is 5.59. The zero-order valence-electron chi connectivity index (χ0n) is 16.7. The molecule has 1 aliphatic heterocycles. The van der Waals surface area contributed by atoms with Gasteiger partial charge in [0.25, 0.3) is 0 Å². The van der Waals surface area contributed by atoms with Gasteiger partial charge < -0.3 is 5.32 Å². The number of hydrogen-bond acceptors (Lipinski definition) is 6. The summed E-state index contributed by atoms with van der Waals surface area (Å²) in [4.78, 5) is 17.3. The number of aliphatic imine (C=N–C) groups is 1. The van der Waals surface area contributed by atoms with E-state index in [4.69, 9.17) is 0 Å². The van der Waals surface area contributed by atoms with E-state index in [1.165, 1.54) is 37.5 Å². The van der Waals surface area contributed by atoms with Crippen molar-refractivity contribution in [1.82, 2.24) is 4.31 Å². The van der Waals surface area contributed by atoms with Gasteiger partial charge in [-0.3, -0.25) is 4.79 Å². The molecule has 0 spiro atoms. The molecule has 3 rings (SSSR count). The number of nitrogens with one attached hydrogen (secondary N) is 1. The molecule has 1 heterocycles. The number of nitrogens with zero attached hydrogens (tertiary/aromatic N) is 2. The summed E-state index contributed by atoms with van der Waals surface area (Å²) in [6.45, 7) is 3.70. The molecule has 2 aromatic carbocycles. The number of carbonyl (C=O) groups is 1. The van der Waals surface area contributed by atoms with Crippen LogP contribution in [-0.4, -0.2) is 42.9 Å². The minimum Gasteiger partial charge on any atom is -0.325 e. The molecule has 1 amide bonds. The first-order chi connectivity index (χ1) is 13.7. The Hall–Kier alpha value is -1.81. The molecule has 0 saturated heterocycles. The van der Waals surface area contributed by atoms with Crippen LogP contribution in [0.1, 0.15) is 16.7 Å². The largest absolute Gasteiger partial charge is 0.325 e. The maximum atomic E-state index is 12.5. The summed E-state index contributed by atoms with van der Waals surface area (Å²) in [5, 5.41) is 2.85. The van der Waals surface area contributed by atoms with Crippen LogP contribution in [0, 0.1) is 13.8 Å². The lowest BCUT2D eigenvalue weighted by molar-refractivity contribution is -0.113. The molecule has 0 radical (unpaired) electrons. The smallest absolute Gasteiger partial charge is 0.242 e. The lowest BCUT2D eigenvalue weighted by Gasteiger charge is -2.17. The zero-order chi connectivity index (χ0) is 21.2. The summed E-state index contributed by atoms with van der Waals surface area (Å²) < 4.78 is 26.9. The molecule has 0 saturated carbocycles. The van der Waals surface area contributed by atoms with Crippen LogP contribution in [0.25, 0.3) is 0 Å². The number of benzene rings is 2. The van der Waals surface area contributed by atoms with Crippen molar-refractivity contribution in [1.29, 1.82) is 0 Å². The molecule has 154 valence electrons. The highest BCUT2D eigenvalue weighted by atomic mass is 32.2. The van der Waals surface area contributed by atoms with Gasteiger partial charge in [0.15, 0.2) is 0 Å². The number of hydrogen-bond donors (Lipinski definition) is 1. The second-order valence-electron chi connectivity index (χ2n) is 6.83. The fourth-order valence-electron chi connectivity index (χ4n) is 2.72. The maximum absolute atomic E-state index is 12.5. The van der Waals surface area contributed by atoms with Crippen LogP contribution in [0.4, 0.5) is 11.4 Å². The van der Waals surface area contributed by atoms with Crippen LogP contribution >= 0.6 is 23.5 Å². The Morgan fingerprint density at radius 2 is 1.97 bits per heavy atom. The molecule has 0 atom stereocenters. The Morgan fingerprint density at radius 1 is 1.24 bits per heavy atom. The van der Waals surface area contributed by atoms with E-state index in [1.54, 1.807) is 17.8 Å². The predicted octanol–water partition coefficient (Wildman–Crippen LogP) is 4.16. The number of carbonyl (C=O) groups excluding carboxylic acids is 1. The number of para-hydroxylation sites is 1. The molecule has 0 aromatic heterocycles. The summed E-state index contributed by atoms with van der Waals surface area (Å²) in [5.41, 5.74) is 4.30. The van der Waals surface area contributed by atoms with E-state index in [9.17, 15) is 13.2 Å². The van der Waals surface area contributed by atoms with Gasteiger partial charge >= 0.3 is 0 Å². The topological polar surface area (TPSA) is 78.8 Å². The molecular formula is C20H23N3O3S3. The minimum atomic E-state index is -3.58. The van der Waals surface area contributed by atoms with Gasteiger partial charge in [-0.2, -0.15) is 0 Å². The van der Waals surface area contributed by atoms with Crippen LogP contribution in [0.2, 0.25) is 0 Å². The molecule has 2 aromatic rings. The van der Waals surface area contributed by atoms with E-state index < -0.39 is 10.0 Å². The molecule has 6 nitrogen and oxygen atoms in total. The van der Waals surface area contributed by atoms with Crippen molar-refractivity contribution in [2.24, 2.45) is 4.99 Å². The fraction of sp³-hybridized carbons (Fsp3) is 0.300. The number of aryl methyl sites for hydroxylation is 1. The second kappa shape index (κ2) is 8.91. The van der Waals surface area contributed by atoms with Crippen LogP contribution in [0.5, 0.6) is 0 Å². The lowest BCUT2D eigenvalue weighted by atomic mass is 10.1. The number of amides is 1. The van der Waals surface area contributed by atoms with Gasteiger partial charge in [0.1, 0.15) is 4.38 Å². The molecule has 1 aliphatic rings. The first-order valence-electron chi connectivity index (χ1n) is 8.94. The summed E-state index contributed by atoms with van der Waals surface area (Å²) in [6.07, 6.45) is 0. The molecule has 9 heteroatoms. The van der Waals surface area contributed by atoms with Crippen molar-refractivity contribution in [3.63, 3.8) is 0 Å². The van der Waals surface area contributed by atoms with Gasteiger partial charge in [-0.15, -0.1) is 0 Å². The highest BCUT2D eigenvalue weighted by molar-refractivity contribution is 8.38. The monoisotopic (exact) mass is 449 g/mol. The third kappa shape index (κ3) is 5.03. The zero-order valence-corrected chi connectivity index (χ0v) is 19.2. The molecule has 0 unspecified atom stereocenters. The summed E-state index contributed by atoms with van der Waals surface area (Å²) >= 11 is 3.00. The van der Waals surface area contributed by atoms with E-state index in [2.05, 4.69) is 16.4 Å². The van der Waals surface area contributed by atoms with Gasteiger partial charge in [0, 0.05) is 25.5 Å². The van der Waals surface area contributed by atoms with E-state index in [-0.39, 0.29) is 16.6 Å².